The summed E-state index contributed by atoms with van der Waals surface area (Å²) < 4.78 is 3.22. The number of hydrogen-bond donors (Lipinski definition) is 3. The molecule has 0 fully saturated rings. The minimum atomic E-state index is -4.37. The van der Waals surface area contributed by atoms with Crippen molar-refractivity contribution in [1.29, 1.82) is 0 Å². The smallest absolute Gasteiger partial charge is 1.00 e. The predicted octanol–water partition coefficient (Wildman–Crippen LogP) is -1.74. The van der Waals surface area contributed by atoms with Gasteiger partial charge in [0.15, 0.2) is 0 Å². The molecule has 8 heavy (non-hydrogen) atoms. The van der Waals surface area contributed by atoms with Crippen LogP contribution in [0.4, 0.5) is 0 Å². The molecule has 0 unspecified atom stereocenters. The Hall–Kier alpha value is 2.00. The van der Waals surface area contributed by atoms with Crippen molar-refractivity contribution in [3.63, 3.8) is 0 Å². The van der Waals surface area contributed by atoms with Crippen LogP contribution in [0.5, 0.6) is 0 Å². The summed E-state index contributed by atoms with van der Waals surface area (Å²) in [7, 11) is -4.37. The van der Waals surface area contributed by atoms with E-state index in [0.29, 0.717) is 0 Å². The fourth-order valence-electron chi connectivity index (χ4n) is 0. The zero-order valence-corrected chi connectivity index (χ0v) is 9.27. The van der Waals surface area contributed by atoms with Crippen LogP contribution in [-0.4, -0.2) is 79.0 Å². The van der Waals surface area contributed by atoms with E-state index in [9.17, 15) is 0 Å². The molecule has 0 saturated heterocycles. The Labute approximate surface area is 99.5 Å². The largest absolute Gasteiger partial charge is 2.00 e. The average molecular weight is 231 g/mol. The van der Waals surface area contributed by atoms with Gasteiger partial charge in [-0.1, -0.05) is 0 Å². The topological polar surface area (TPSA) is 69.9 Å². The minimum absolute atomic E-state index is 0. The second kappa shape index (κ2) is 7.11. The first-order chi connectivity index (χ1) is 2.56. The van der Waals surface area contributed by atoms with Crippen molar-refractivity contribution in [3.05, 3.63) is 0 Å². The van der Waals surface area contributed by atoms with E-state index in [1.54, 1.807) is 0 Å². The van der Waals surface area contributed by atoms with Gasteiger partial charge in [-0.2, -0.15) is 0 Å². The molecule has 0 aliphatic heterocycles. The molecule has 0 aromatic heterocycles. The second-order valence-corrected chi connectivity index (χ2v) is 2.42. The van der Waals surface area contributed by atoms with Gasteiger partial charge in [0.2, 0.25) is 0 Å². The Bertz CT molecular complexity index is 56.8. The van der Waals surface area contributed by atoms with Crippen molar-refractivity contribution in [2.45, 2.75) is 0 Å². The molecule has 0 amide bonds. The molecule has 0 aliphatic rings. The maximum Gasteiger partial charge on any atom is 2.00 e. The van der Waals surface area contributed by atoms with Gasteiger partial charge >= 0.3 is 64.7 Å². The maximum absolute atomic E-state index is 7.72. The quantitative estimate of drug-likeness (QED) is 0.468. The van der Waals surface area contributed by atoms with Crippen molar-refractivity contribution in [1.82, 2.24) is 0 Å². The molecule has 46 valence electrons. The van der Waals surface area contributed by atoms with Gasteiger partial charge in [-0.25, -0.2) is 3.98 Å². The van der Waals surface area contributed by atoms with E-state index in [-0.39, 0.29) is 61.3 Å². The van der Waals surface area contributed by atoms with Crippen LogP contribution < -0.4 is 0 Å². The van der Waals surface area contributed by atoms with Crippen molar-refractivity contribution < 1.29 is 24.1 Å². The second-order valence-electron chi connectivity index (χ2n) is 0.651. The summed E-state index contributed by atoms with van der Waals surface area (Å²) in [6, 6.07) is 0. The summed E-state index contributed by atoms with van der Waals surface area (Å²) in [5, 5.41) is 0. The Morgan fingerprint density at radius 3 is 1.50 bits per heavy atom. The van der Waals surface area contributed by atoms with Gasteiger partial charge in [-0.3, -0.25) is 0 Å². The Morgan fingerprint density at radius 1 is 1.38 bits per heavy atom. The average Bonchev–Trinajstić information content (AvgIpc) is 1.35. The molecule has 0 atom stereocenters. The minimum Gasteiger partial charge on any atom is -1.00 e. The molecule has 0 aromatic rings. The standard InChI is InChI=1S/Be.ClH3O4Si.Sr.4H/c;1-5-6(2,3)4;;;;;/h;2-4H;;;;;/q+2;;+2;4*-1. The van der Waals surface area contributed by atoms with Crippen molar-refractivity contribution in [2.24, 2.45) is 0 Å². The first-order valence-corrected chi connectivity index (χ1v) is 3.09. The SMILES string of the molecule is O[Si](O)(O)OCl.[Be+2].[H-].[H-].[H-].[H-].[Sr+2]. The molecule has 0 saturated carbocycles. The van der Waals surface area contributed by atoms with Gasteiger partial charge in [0.25, 0.3) is 0 Å². The van der Waals surface area contributed by atoms with Gasteiger partial charge in [0, 0.05) is 0 Å². The van der Waals surface area contributed by atoms with Crippen LogP contribution in [0, 0.1) is 0 Å². The summed E-state index contributed by atoms with van der Waals surface area (Å²) in [4.78, 5) is 23.2. The van der Waals surface area contributed by atoms with Crippen molar-refractivity contribution in [2.75, 3.05) is 0 Å². The third kappa shape index (κ3) is 15.7. The number of halogens is 1. The third-order valence-electron chi connectivity index (χ3n) is 0.104. The molecule has 0 radical (unpaired) electrons. The molecule has 0 spiro atoms. The summed E-state index contributed by atoms with van der Waals surface area (Å²) >= 11 is 4.29. The normalized spacial score (nSPS) is 9.00. The summed E-state index contributed by atoms with van der Waals surface area (Å²) in [5.41, 5.74) is 0. The van der Waals surface area contributed by atoms with Crippen LogP contribution in [0.3, 0.4) is 0 Å². The molecule has 8 heteroatoms. The van der Waals surface area contributed by atoms with Crippen LogP contribution in [0.1, 0.15) is 5.71 Å². The summed E-state index contributed by atoms with van der Waals surface area (Å²) in [5.74, 6) is 0. The van der Waals surface area contributed by atoms with Crippen LogP contribution in [0.15, 0.2) is 0 Å². The molecule has 4 nitrogen and oxygen atoms in total. The fraction of sp³-hybridized carbons (Fsp3) is 0. The van der Waals surface area contributed by atoms with E-state index in [2.05, 4.69) is 15.8 Å². The van der Waals surface area contributed by atoms with Gasteiger partial charge in [-0.05, 0) is 0 Å². The van der Waals surface area contributed by atoms with E-state index in [1.807, 2.05) is 0 Å². The van der Waals surface area contributed by atoms with Crippen molar-refractivity contribution >= 4 is 76.5 Å². The van der Waals surface area contributed by atoms with Crippen LogP contribution in [0.25, 0.3) is 0 Å². The molecule has 0 heterocycles. The van der Waals surface area contributed by atoms with E-state index < -0.39 is 9.05 Å². The molecular formula is H7BeClO4SiSr. The predicted molar refractivity (Wildman–Crippen MR) is 35.3 cm³/mol. The van der Waals surface area contributed by atoms with E-state index in [1.165, 1.54) is 0 Å². The monoisotopic (exact) mass is 231 g/mol. The molecule has 0 bridgehead atoms. The maximum atomic E-state index is 7.72. The van der Waals surface area contributed by atoms with E-state index >= 15 is 0 Å². The van der Waals surface area contributed by atoms with Gasteiger partial charge in [-0.15, -0.1) is 0 Å². The first-order valence-electron chi connectivity index (χ1n) is 1.03. The van der Waals surface area contributed by atoms with Gasteiger partial charge < -0.3 is 20.1 Å². The summed E-state index contributed by atoms with van der Waals surface area (Å²) in [6.45, 7) is 0. The molecule has 0 aromatic carbocycles. The number of rotatable bonds is 1. The van der Waals surface area contributed by atoms with Crippen LogP contribution in [0.2, 0.25) is 0 Å². The summed E-state index contributed by atoms with van der Waals surface area (Å²) in [6.07, 6.45) is 0. The Kier molecular flexibility index (Phi) is 14.7. The van der Waals surface area contributed by atoms with Gasteiger partial charge in [0.05, 0.1) is 11.9 Å². The fourth-order valence-corrected chi connectivity index (χ4v) is 0. The van der Waals surface area contributed by atoms with Crippen LogP contribution >= 0.6 is 11.9 Å². The van der Waals surface area contributed by atoms with E-state index in [0.717, 1.165) is 0 Å². The van der Waals surface area contributed by atoms with Gasteiger partial charge in [0.1, 0.15) is 0 Å². The van der Waals surface area contributed by atoms with Crippen molar-refractivity contribution in [3.8, 4) is 0 Å². The number of hydrogen-bond acceptors (Lipinski definition) is 4. The van der Waals surface area contributed by atoms with E-state index in [4.69, 9.17) is 14.4 Å². The zero-order valence-electron chi connectivity index (χ0n) is 8.04. The molecule has 0 aliphatic carbocycles. The Balaban J connectivity index is -0.00000000833. The molecule has 3 N–H and O–H groups in total. The Morgan fingerprint density at radius 2 is 1.50 bits per heavy atom. The van der Waals surface area contributed by atoms with Crippen LogP contribution in [-0.2, 0) is 3.98 Å². The zero-order chi connectivity index (χ0) is 5.21. The first kappa shape index (κ1) is 16.5. The molecular weight excluding hydrogens is 224 g/mol. The molecule has 0 rings (SSSR count). The third-order valence-corrected chi connectivity index (χ3v) is 0.932.